The molecule has 0 unspecified atom stereocenters. The van der Waals surface area contributed by atoms with Gasteiger partial charge in [-0.3, -0.25) is 0 Å². The molecule has 0 saturated carbocycles. The van der Waals surface area contributed by atoms with E-state index in [1.54, 1.807) is 0 Å². The van der Waals surface area contributed by atoms with E-state index < -0.39 is 0 Å². The first-order chi connectivity index (χ1) is 9.70. The standard InChI is InChI=1S/C14H16N6/c1-4-9(2)16-18-14-15-13-12(17-19-14)10-7-5-6-8-11(10)20(13)3/h5-8H,4H2,1-3H3,(H,15,18,19). The Morgan fingerprint density at radius 3 is 2.90 bits per heavy atom. The minimum atomic E-state index is 0.413. The maximum atomic E-state index is 4.49. The molecule has 3 aromatic rings. The lowest BCUT2D eigenvalue weighted by molar-refractivity contribution is 0.948. The van der Waals surface area contributed by atoms with Crippen molar-refractivity contribution in [2.45, 2.75) is 20.3 Å². The highest BCUT2D eigenvalue weighted by atomic mass is 15.4. The van der Waals surface area contributed by atoms with Gasteiger partial charge in [0.05, 0.1) is 5.52 Å². The number of aromatic nitrogens is 4. The highest BCUT2D eigenvalue weighted by Gasteiger charge is 2.11. The van der Waals surface area contributed by atoms with E-state index in [0.29, 0.717) is 5.95 Å². The number of aryl methyl sites for hydroxylation is 1. The molecule has 0 aliphatic carbocycles. The lowest BCUT2D eigenvalue weighted by atomic mass is 10.2. The third-order valence-corrected chi connectivity index (χ3v) is 3.36. The SMILES string of the molecule is CCC(C)=NNc1nnc2c3ccccc3n(C)c2n1. The van der Waals surface area contributed by atoms with Crippen molar-refractivity contribution in [3.8, 4) is 0 Å². The summed E-state index contributed by atoms with van der Waals surface area (Å²) in [4.78, 5) is 4.49. The highest BCUT2D eigenvalue weighted by Crippen LogP contribution is 2.24. The van der Waals surface area contributed by atoms with Crippen LogP contribution < -0.4 is 5.43 Å². The van der Waals surface area contributed by atoms with Gasteiger partial charge in [0.1, 0.15) is 5.52 Å². The Morgan fingerprint density at radius 2 is 2.10 bits per heavy atom. The predicted octanol–water partition coefficient (Wildman–Crippen LogP) is 2.71. The number of hydrogen-bond donors (Lipinski definition) is 1. The Morgan fingerprint density at radius 1 is 1.30 bits per heavy atom. The highest BCUT2D eigenvalue weighted by molar-refractivity contribution is 6.04. The van der Waals surface area contributed by atoms with Gasteiger partial charge in [-0.25, -0.2) is 5.43 Å². The molecule has 3 rings (SSSR count). The molecule has 102 valence electrons. The molecule has 1 N–H and O–H groups in total. The fourth-order valence-corrected chi connectivity index (χ4v) is 2.08. The Kier molecular flexibility index (Phi) is 3.06. The van der Waals surface area contributed by atoms with Crippen LogP contribution in [0.25, 0.3) is 22.1 Å². The third-order valence-electron chi connectivity index (χ3n) is 3.36. The van der Waals surface area contributed by atoms with E-state index >= 15 is 0 Å². The van der Waals surface area contributed by atoms with Gasteiger partial charge >= 0.3 is 0 Å². The zero-order valence-corrected chi connectivity index (χ0v) is 11.8. The van der Waals surface area contributed by atoms with E-state index in [-0.39, 0.29) is 0 Å². The number of nitrogens with one attached hydrogen (secondary N) is 1. The van der Waals surface area contributed by atoms with Crippen LogP contribution in [0.1, 0.15) is 20.3 Å². The van der Waals surface area contributed by atoms with E-state index in [1.165, 1.54) is 0 Å². The van der Waals surface area contributed by atoms with Crippen LogP contribution in [0.4, 0.5) is 5.95 Å². The van der Waals surface area contributed by atoms with E-state index in [9.17, 15) is 0 Å². The number of nitrogens with zero attached hydrogens (tertiary/aromatic N) is 5. The summed E-state index contributed by atoms with van der Waals surface area (Å²) in [5, 5.41) is 13.6. The Hall–Kier alpha value is -2.50. The van der Waals surface area contributed by atoms with Crippen molar-refractivity contribution in [1.29, 1.82) is 0 Å². The van der Waals surface area contributed by atoms with Crippen LogP contribution in [0.3, 0.4) is 0 Å². The maximum Gasteiger partial charge on any atom is 0.265 e. The van der Waals surface area contributed by atoms with Gasteiger partial charge in [0.25, 0.3) is 5.95 Å². The second-order valence-electron chi connectivity index (χ2n) is 4.70. The lowest BCUT2D eigenvalue weighted by Gasteiger charge is -2.00. The van der Waals surface area contributed by atoms with E-state index in [4.69, 9.17) is 0 Å². The summed E-state index contributed by atoms with van der Waals surface area (Å²) >= 11 is 0. The molecule has 0 amide bonds. The number of anilines is 1. The molecule has 0 bridgehead atoms. The van der Waals surface area contributed by atoms with Crippen LogP contribution in [-0.4, -0.2) is 25.5 Å². The summed E-state index contributed by atoms with van der Waals surface area (Å²) in [5.41, 5.74) is 6.54. The predicted molar refractivity (Wildman–Crippen MR) is 80.8 cm³/mol. The van der Waals surface area contributed by atoms with Crippen molar-refractivity contribution < 1.29 is 0 Å². The van der Waals surface area contributed by atoms with Gasteiger partial charge < -0.3 is 4.57 Å². The molecule has 2 aromatic heterocycles. The Balaban J connectivity index is 2.12. The van der Waals surface area contributed by atoms with Gasteiger partial charge in [0.2, 0.25) is 0 Å². The van der Waals surface area contributed by atoms with Gasteiger partial charge in [0, 0.05) is 18.1 Å². The van der Waals surface area contributed by atoms with Gasteiger partial charge in [-0.05, 0) is 19.4 Å². The van der Waals surface area contributed by atoms with Crippen molar-refractivity contribution in [3.05, 3.63) is 24.3 Å². The molecule has 0 aliphatic heterocycles. The first-order valence-electron chi connectivity index (χ1n) is 6.57. The van der Waals surface area contributed by atoms with Crippen LogP contribution >= 0.6 is 0 Å². The van der Waals surface area contributed by atoms with E-state index in [0.717, 1.165) is 34.2 Å². The van der Waals surface area contributed by atoms with Gasteiger partial charge in [-0.2, -0.15) is 10.1 Å². The second kappa shape index (κ2) is 4.88. The molecule has 0 aliphatic rings. The Labute approximate surface area is 116 Å². The summed E-state index contributed by atoms with van der Waals surface area (Å²) in [6, 6.07) is 8.07. The summed E-state index contributed by atoms with van der Waals surface area (Å²) < 4.78 is 2.01. The summed E-state index contributed by atoms with van der Waals surface area (Å²) in [6.07, 6.45) is 0.886. The average molecular weight is 268 g/mol. The first kappa shape index (κ1) is 12.5. The van der Waals surface area contributed by atoms with Gasteiger partial charge in [0.15, 0.2) is 5.65 Å². The topological polar surface area (TPSA) is 68.0 Å². The molecular formula is C14H16N6. The van der Waals surface area contributed by atoms with Crippen LogP contribution in [0.2, 0.25) is 0 Å². The van der Waals surface area contributed by atoms with Gasteiger partial charge in [-0.15, -0.1) is 10.2 Å². The number of fused-ring (bicyclic) bond motifs is 3. The zero-order chi connectivity index (χ0) is 14.1. The first-order valence-corrected chi connectivity index (χ1v) is 6.57. The van der Waals surface area contributed by atoms with E-state index in [1.807, 2.05) is 49.7 Å². The monoisotopic (exact) mass is 268 g/mol. The van der Waals surface area contributed by atoms with Gasteiger partial charge in [-0.1, -0.05) is 25.1 Å². The van der Waals surface area contributed by atoms with Crippen molar-refractivity contribution in [1.82, 2.24) is 19.7 Å². The second-order valence-corrected chi connectivity index (χ2v) is 4.70. The number of hydrogen-bond acceptors (Lipinski definition) is 5. The molecule has 6 nitrogen and oxygen atoms in total. The van der Waals surface area contributed by atoms with Crippen molar-refractivity contribution in [2.75, 3.05) is 5.43 Å². The summed E-state index contributed by atoms with van der Waals surface area (Å²) in [6.45, 7) is 4.00. The van der Waals surface area contributed by atoms with Crippen LogP contribution in [0, 0.1) is 0 Å². The molecule has 6 heteroatoms. The molecule has 0 saturated heterocycles. The third kappa shape index (κ3) is 1.99. The van der Waals surface area contributed by atoms with E-state index in [2.05, 4.69) is 25.7 Å². The normalized spacial score (nSPS) is 12.2. The molecule has 2 heterocycles. The molecule has 0 fully saturated rings. The smallest absolute Gasteiger partial charge is 0.265 e. The largest absolute Gasteiger partial charge is 0.327 e. The van der Waals surface area contributed by atoms with Crippen LogP contribution in [-0.2, 0) is 7.05 Å². The zero-order valence-electron chi connectivity index (χ0n) is 11.8. The van der Waals surface area contributed by atoms with Crippen LogP contribution in [0.5, 0.6) is 0 Å². The van der Waals surface area contributed by atoms with Crippen molar-refractivity contribution >= 4 is 33.7 Å². The van der Waals surface area contributed by atoms with Crippen molar-refractivity contribution in [3.63, 3.8) is 0 Å². The Bertz CT molecular complexity index is 802. The lowest BCUT2D eigenvalue weighted by Crippen LogP contribution is -2.02. The fourth-order valence-electron chi connectivity index (χ4n) is 2.08. The molecular weight excluding hydrogens is 252 g/mol. The maximum absolute atomic E-state index is 4.49. The number of rotatable bonds is 3. The quantitative estimate of drug-likeness (QED) is 0.586. The number of hydrazone groups is 1. The fraction of sp³-hybridized carbons (Fsp3) is 0.286. The minimum Gasteiger partial charge on any atom is -0.327 e. The number of benzene rings is 1. The summed E-state index contributed by atoms with van der Waals surface area (Å²) in [5.74, 6) is 0.413. The molecule has 0 radical (unpaired) electrons. The average Bonchev–Trinajstić information content (AvgIpc) is 2.78. The molecule has 0 atom stereocenters. The molecule has 0 spiro atoms. The number of para-hydroxylation sites is 1. The van der Waals surface area contributed by atoms with Crippen LogP contribution in [0.15, 0.2) is 29.4 Å². The molecule has 20 heavy (non-hydrogen) atoms. The summed E-state index contributed by atoms with van der Waals surface area (Å²) in [7, 11) is 1.98. The van der Waals surface area contributed by atoms with Crippen molar-refractivity contribution in [2.24, 2.45) is 12.1 Å². The minimum absolute atomic E-state index is 0.413. The molecule has 1 aromatic carbocycles.